The van der Waals surface area contributed by atoms with E-state index in [9.17, 15) is 15.3 Å². The van der Waals surface area contributed by atoms with Crippen molar-refractivity contribution in [2.24, 2.45) is 0 Å². The molecule has 4 aromatic carbocycles. The van der Waals surface area contributed by atoms with Gasteiger partial charge in [0.1, 0.15) is 17.2 Å². The molecular weight excluding hydrogens is 633 g/mol. The second-order valence-corrected chi connectivity index (χ2v) is 13.0. The normalized spacial score (nSPS) is 14.3. The van der Waals surface area contributed by atoms with Crippen molar-refractivity contribution in [1.82, 2.24) is 20.3 Å². The summed E-state index contributed by atoms with van der Waals surface area (Å²) in [6.07, 6.45) is 1.47. The van der Waals surface area contributed by atoms with Crippen LogP contribution in [0.25, 0.3) is 22.3 Å². The lowest BCUT2D eigenvalue weighted by molar-refractivity contribution is 0.474. The van der Waals surface area contributed by atoms with Gasteiger partial charge in [-0.3, -0.25) is 0 Å². The van der Waals surface area contributed by atoms with Crippen molar-refractivity contribution in [3.05, 3.63) is 207 Å². The molecule has 51 heavy (non-hydrogen) atoms. The van der Waals surface area contributed by atoms with Crippen LogP contribution in [0.3, 0.4) is 0 Å². The average molecular weight is 667 g/mol. The zero-order valence-corrected chi connectivity index (χ0v) is 27.5. The molecule has 2 aliphatic heterocycles. The Labute approximate surface area is 293 Å². The Kier molecular flexibility index (Phi) is 7.25. The van der Waals surface area contributed by atoms with Crippen molar-refractivity contribution in [3.63, 3.8) is 0 Å². The van der Waals surface area contributed by atoms with Crippen molar-refractivity contribution in [3.8, 4) is 17.2 Å². The number of aromatic nitrogens is 3. The van der Waals surface area contributed by atoms with E-state index in [2.05, 4.69) is 68.8 Å². The molecule has 1 fully saturated rings. The van der Waals surface area contributed by atoms with Crippen molar-refractivity contribution in [2.75, 3.05) is 0 Å². The molecule has 9 rings (SSSR count). The number of hydrogen-bond acceptors (Lipinski definition) is 4. The van der Waals surface area contributed by atoms with Crippen LogP contribution in [0.2, 0.25) is 0 Å². The van der Waals surface area contributed by atoms with Crippen LogP contribution in [-0.4, -0.2) is 30.3 Å². The molecule has 8 bridgehead atoms. The Morgan fingerprint density at radius 1 is 0.353 bits per heavy atom. The van der Waals surface area contributed by atoms with Gasteiger partial charge in [0, 0.05) is 67.2 Å². The highest BCUT2D eigenvalue weighted by Gasteiger charge is 2.26. The fourth-order valence-corrected chi connectivity index (χ4v) is 7.48. The minimum absolute atomic E-state index is 0.181. The summed E-state index contributed by atoms with van der Waals surface area (Å²) in [5.41, 5.74) is 13.1. The number of allylic oxidation sites excluding steroid dienone is 2. The number of rotatable bonds is 4. The predicted molar refractivity (Wildman–Crippen MR) is 200 cm³/mol. The molecule has 0 spiro atoms. The molecule has 1 saturated heterocycles. The summed E-state index contributed by atoms with van der Waals surface area (Å²) < 4.78 is 0. The quantitative estimate of drug-likeness (QED) is 0.108. The van der Waals surface area contributed by atoms with Crippen LogP contribution in [0.4, 0.5) is 0 Å². The maximum Gasteiger partial charge on any atom is 0.116 e. The number of fused-ring (bicyclic) bond motifs is 8. The topological polar surface area (TPSA) is 120 Å². The number of phenolic OH excluding ortho intramolecular Hbond substituents is 3. The number of phenols is 3. The van der Waals surface area contributed by atoms with E-state index in [4.69, 9.17) is 0 Å². The summed E-state index contributed by atoms with van der Waals surface area (Å²) in [6.45, 7) is 0. The van der Waals surface area contributed by atoms with Gasteiger partial charge in [-0.2, -0.15) is 0 Å². The van der Waals surface area contributed by atoms with E-state index < -0.39 is 0 Å². The van der Waals surface area contributed by atoms with E-state index in [0.717, 1.165) is 102 Å². The Bertz CT molecular complexity index is 2650. The van der Waals surface area contributed by atoms with E-state index in [1.54, 1.807) is 36.4 Å². The maximum absolute atomic E-state index is 10.6. The number of nitrogens with one attached hydrogen (secondary N) is 4. The third-order valence-electron chi connectivity index (χ3n) is 9.67. The molecule has 0 saturated carbocycles. The van der Waals surface area contributed by atoms with Gasteiger partial charge in [-0.25, -0.2) is 0 Å². The maximum atomic E-state index is 10.6. The molecule has 7 nitrogen and oxygen atoms in total. The van der Waals surface area contributed by atoms with Gasteiger partial charge in [-0.15, -0.1) is 0 Å². The molecule has 5 heterocycles. The largest absolute Gasteiger partial charge is 0.508 e. The molecule has 0 unspecified atom stereocenters. The molecule has 7 heteroatoms. The molecule has 248 valence electrons. The van der Waals surface area contributed by atoms with Crippen LogP contribution in [0.15, 0.2) is 151 Å². The van der Waals surface area contributed by atoms with Gasteiger partial charge < -0.3 is 35.6 Å². The SMILES string of the molecule is Oc1cccc(C2=C3CCC(=C(c4cccc(O)c4)c4ccc([nH]4)C(c4cccc(O)c4)=c4ccc([nH]4)=C(c4ccccc4)c4ccc2[nH]4)N3)c1. The first-order valence-electron chi connectivity index (χ1n) is 17.0. The number of aromatic hydroxyl groups is 3. The second kappa shape index (κ2) is 12.2. The lowest BCUT2D eigenvalue weighted by Gasteiger charge is -2.15. The van der Waals surface area contributed by atoms with Crippen molar-refractivity contribution in [2.45, 2.75) is 12.8 Å². The van der Waals surface area contributed by atoms with Gasteiger partial charge in [-0.05, 0) is 108 Å². The number of H-pyrrole nitrogens is 3. The molecule has 7 aromatic rings. The first kappa shape index (κ1) is 30.2. The molecule has 0 radical (unpaired) electrons. The van der Waals surface area contributed by atoms with Crippen LogP contribution in [0.1, 0.15) is 57.9 Å². The van der Waals surface area contributed by atoms with Crippen LogP contribution in [0.5, 0.6) is 17.2 Å². The Morgan fingerprint density at radius 2 is 0.745 bits per heavy atom. The fraction of sp³-hybridized carbons (Fsp3) is 0.0455. The highest BCUT2D eigenvalue weighted by Crippen LogP contribution is 2.39. The van der Waals surface area contributed by atoms with Gasteiger partial charge in [-0.1, -0.05) is 66.7 Å². The van der Waals surface area contributed by atoms with Gasteiger partial charge in [0.05, 0.1) is 0 Å². The van der Waals surface area contributed by atoms with Gasteiger partial charge in [0.15, 0.2) is 0 Å². The van der Waals surface area contributed by atoms with E-state index in [1.165, 1.54) is 0 Å². The third kappa shape index (κ3) is 5.51. The fourth-order valence-electron chi connectivity index (χ4n) is 7.48. The monoisotopic (exact) mass is 666 g/mol. The van der Waals surface area contributed by atoms with E-state index >= 15 is 0 Å². The Balaban J connectivity index is 1.40. The standard InChI is InChI=1S/C44H34N4O3/c49-30-12-4-9-27(23-30)42-35-17-15-33(45-35)41(26-7-2-1-3-8-26)34-16-18-36(46-34)43(28-10-5-13-31(50)24-28)38-20-22-40(48-38)44(39-21-19-37(42)47-39)29-11-6-14-32(51)25-29/h1-19,21,23-25,45-51H,20,22H2. The summed E-state index contributed by atoms with van der Waals surface area (Å²) in [6, 6.07) is 44.9. The van der Waals surface area contributed by atoms with Gasteiger partial charge in [0.2, 0.25) is 0 Å². The molecule has 3 aromatic heterocycles. The lowest BCUT2D eigenvalue weighted by atomic mass is 9.98. The average Bonchev–Trinajstić information content (AvgIpc) is 3.97. The third-order valence-corrected chi connectivity index (χ3v) is 9.67. The second-order valence-electron chi connectivity index (χ2n) is 13.0. The molecule has 2 aliphatic rings. The first-order chi connectivity index (χ1) is 25.0. The van der Waals surface area contributed by atoms with Crippen LogP contribution >= 0.6 is 0 Å². The summed E-state index contributed by atoms with van der Waals surface area (Å²) >= 11 is 0. The van der Waals surface area contributed by atoms with Crippen LogP contribution in [0, 0.1) is 0 Å². The molecule has 0 amide bonds. The number of benzene rings is 4. The molecular formula is C44H34N4O3. The first-order valence-corrected chi connectivity index (χ1v) is 17.0. The zero-order chi connectivity index (χ0) is 34.5. The highest BCUT2D eigenvalue weighted by atomic mass is 16.3. The van der Waals surface area contributed by atoms with E-state index in [-0.39, 0.29) is 17.2 Å². The van der Waals surface area contributed by atoms with Crippen molar-refractivity contribution < 1.29 is 15.3 Å². The minimum Gasteiger partial charge on any atom is -0.508 e. The summed E-state index contributed by atoms with van der Waals surface area (Å²) in [5, 5.41) is 37.4. The molecule has 0 atom stereocenters. The highest BCUT2D eigenvalue weighted by molar-refractivity contribution is 5.88. The lowest BCUT2D eigenvalue weighted by Crippen LogP contribution is -2.17. The van der Waals surface area contributed by atoms with Gasteiger partial charge in [0.25, 0.3) is 0 Å². The minimum atomic E-state index is 0.181. The van der Waals surface area contributed by atoms with Crippen molar-refractivity contribution in [1.29, 1.82) is 0 Å². The number of aromatic amines is 3. The Hall–Kier alpha value is -6.86. The molecule has 7 N–H and O–H groups in total. The van der Waals surface area contributed by atoms with E-state index in [1.807, 2.05) is 54.6 Å². The van der Waals surface area contributed by atoms with Crippen LogP contribution in [-0.2, 0) is 0 Å². The van der Waals surface area contributed by atoms with Crippen molar-refractivity contribution >= 4 is 22.3 Å². The molecule has 0 aliphatic carbocycles. The summed E-state index contributed by atoms with van der Waals surface area (Å²) in [7, 11) is 0. The number of hydrogen-bond donors (Lipinski definition) is 7. The van der Waals surface area contributed by atoms with Crippen LogP contribution < -0.4 is 16.0 Å². The van der Waals surface area contributed by atoms with E-state index in [0.29, 0.717) is 0 Å². The Morgan fingerprint density at radius 3 is 1.20 bits per heavy atom. The summed E-state index contributed by atoms with van der Waals surface area (Å²) in [5.74, 6) is 0.562. The van der Waals surface area contributed by atoms with Gasteiger partial charge >= 0.3 is 0 Å². The summed E-state index contributed by atoms with van der Waals surface area (Å²) in [4.78, 5) is 11.2. The zero-order valence-electron chi connectivity index (χ0n) is 27.5. The smallest absolute Gasteiger partial charge is 0.116 e. The predicted octanol–water partition coefficient (Wildman–Crippen LogP) is 7.20.